The van der Waals surface area contributed by atoms with Crippen molar-refractivity contribution in [2.45, 2.75) is 25.9 Å². The van der Waals surface area contributed by atoms with Crippen molar-refractivity contribution in [3.63, 3.8) is 0 Å². The maximum Gasteiger partial charge on any atom is 0.316 e. The number of rotatable bonds is 7. The van der Waals surface area contributed by atoms with Crippen molar-refractivity contribution in [3.05, 3.63) is 93.6 Å². The van der Waals surface area contributed by atoms with Gasteiger partial charge < -0.3 is 9.47 Å². The number of benzene rings is 3. The number of esters is 1. The SMILES string of the molecule is CC(C)C(C(=O)OC(C#N)c1cccc(Oc2ccccc2)c1)c1scc2c(Cl)cccc12. The highest BCUT2D eigenvalue weighted by molar-refractivity contribution is 7.12. The normalized spacial score (nSPS) is 12.8. The number of para-hydroxylation sites is 1. The Balaban J connectivity index is 1.58. The van der Waals surface area contributed by atoms with Crippen LogP contribution in [0.5, 0.6) is 11.5 Å². The van der Waals surface area contributed by atoms with Crippen LogP contribution in [0.15, 0.2) is 78.2 Å². The molecule has 0 fully saturated rings. The molecule has 2 unspecified atom stereocenters. The fourth-order valence-corrected chi connectivity index (χ4v) is 5.32. The van der Waals surface area contributed by atoms with Crippen molar-refractivity contribution in [2.75, 3.05) is 0 Å². The van der Waals surface area contributed by atoms with E-state index < -0.39 is 18.0 Å². The molecule has 0 amide bonds. The number of carbonyl (C=O) groups is 1. The Hall–Kier alpha value is -3.33. The Morgan fingerprint density at radius 1 is 0.970 bits per heavy atom. The van der Waals surface area contributed by atoms with Crippen molar-refractivity contribution < 1.29 is 14.3 Å². The first-order chi connectivity index (χ1) is 16.0. The maximum atomic E-state index is 13.3. The zero-order valence-electron chi connectivity index (χ0n) is 18.2. The van der Waals surface area contributed by atoms with Gasteiger partial charge in [-0.1, -0.05) is 67.9 Å². The van der Waals surface area contributed by atoms with Crippen LogP contribution in [0.4, 0.5) is 0 Å². The highest BCUT2D eigenvalue weighted by Crippen LogP contribution is 2.40. The number of hydrogen-bond donors (Lipinski definition) is 0. The summed E-state index contributed by atoms with van der Waals surface area (Å²) in [7, 11) is 0. The van der Waals surface area contributed by atoms with Gasteiger partial charge in [0.15, 0.2) is 0 Å². The Kier molecular flexibility index (Phi) is 6.98. The van der Waals surface area contributed by atoms with Crippen LogP contribution in [-0.2, 0) is 9.53 Å². The summed E-state index contributed by atoms with van der Waals surface area (Å²) in [5.41, 5.74) is 0.556. The molecule has 4 aromatic rings. The van der Waals surface area contributed by atoms with Crippen LogP contribution >= 0.6 is 22.9 Å². The van der Waals surface area contributed by atoms with E-state index in [1.807, 2.05) is 67.8 Å². The summed E-state index contributed by atoms with van der Waals surface area (Å²) in [6.45, 7) is 3.94. The van der Waals surface area contributed by atoms with Crippen LogP contribution in [-0.4, -0.2) is 5.97 Å². The standard InChI is InChI=1S/C27H22ClNO3S/c1-17(2)25(26-21-12-7-13-23(28)22(21)16-33-26)27(30)32-24(15-29)18-8-6-11-20(14-18)31-19-9-4-3-5-10-19/h3-14,16-17,24-25H,1-2H3. The molecule has 2 atom stereocenters. The van der Waals surface area contributed by atoms with E-state index in [1.165, 1.54) is 11.3 Å². The van der Waals surface area contributed by atoms with Gasteiger partial charge in [0.05, 0.1) is 5.92 Å². The lowest BCUT2D eigenvalue weighted by Gasteiger charge is -2.21. The first-order valence-corrected chi connectivity index (χ1v) is 11.8. The lowest BCUT2D eigenvalue weighted by Crippen LogP contribution is -2.22. The Bertz CT molecular complexity index is 1310. The molecular weight excluding hydrogens is 454 g/mol. The minimum atomic E-state index is -1.05. The Labute approximate surface area is 202 Å². The van der Waals surface area contributed by atoms with Crippen molar-refractivity contribution in [1.82, 2.24) is 0 Å². The van der Waals surface area contributed by atoms with E-state index >= 15 is 0 Å². The second-order valence-electron chi connectivity index (χ2n) is 7.96. The molecule has 0 aliphatic rings. The lowest BCUT2D eigenvalue weighted by molar-refractivity contribution is -0.149. The van der Waals surface area contributed by atoms with E-state index in [2.05, 4.69) is 6.07 Å². The summed E-state index contributed by atoms with van der Waals surface area (Å²) in [4.78, 5) is 14.2. The number of ether oxygens (including phenoxy) is 2. The van der Waals surface area contributed by atoms with Crippen LogP contribution in [0.3, 0.4) is 0 Å². The van der Waals surface area contributed by atoms with Gasteiger partial charge in [-0.3, -0.25) is 4.79 Å². The topological polar surface area (TPSA) is 59.3 Å². The molecule has 0 saturated heterocycles. The number of nitrogens with zero attached hydrogens (tertiary/aromatic N) is 1. The van der Waals surface area contributed by atoms with E-state index in [0.717, 1.165) is 15.6 Å². The van der Waals surface area contributed by atoms with Gasteiger partial charge in [0.1, 0.15) is 17.6 Å². The summed E-state index contributed by atoms with van der Waals surface area (Å²) < 4.78 is 11.6. The van der Waals surface area contributed by atoms with E-state index in [1.54, 1.807) is 24.3 Å². The lowest BCUT2D eigenvalue weighted by atomic mass is 9.92. The smallest absolute Gasteiger partial charge is 0.316 e. The zero-order valence-corrected chi connectivity index (χ0v) is 19.8. The molecule has 4 rings (SSSR count). The quantitative estimate of drug-likeness (QED) is 0.255. The largest absolute Gasteiger partial charge is 0.457 e. The van der Waals surface area contributed by atoms with Gasteiger partial charge in [-0.2, -0.15) is 5.26 Å². The van der Waals surface area contributed by atoms with Gasteiger partial charge >= 0.3 is 5.97 Å². The van der Waals surface area contributed by atoms with Gasteiger partial charge in [-0.25, -0.2) is 0 Å². The molecule has 0 aliphatic heterocycles. The number of carbonyl (C=O) groups excluding carboxylic acids is 1. The third-order valence-corrected chi connectivity index (χ3v) is 6.73. The molecule has 6 heteroatoms. The fourth-order valence-electron chi connectivity index (χ4n) is 3.70. The fraction of sp³-hybridized carbons (Fsp3) is 0.185. The second-order valence-corrected chi connectivity index (χ2v) is 9.27. The molecule has 3 aromatic carbocycles. The number of nitriles is 1. The first-order valence-electron chi connectivity index (χ1n) is 10.6. The average molecular weight is 476 g/mol. The molecule has 4 nitrogen and oxygen atoms in total. The van der Waals surface area contributed by atoms with Gasteiger partial charge in [0, 0.05) is 26.2 Å². The predicted octanol–water partition coefficient (Wildman–Crippen LogP) is 7.89. The highest BCUT2D eigenvalue weighted by Gasteiger charge is 2.31. The van der Waals surface area contributed by atoms with Crippen molar-refractivity contribution >= 4 is 39.7 Å². The molecule has 166 valence electrons. The van der Waals surface area contributed by atoms with Gasteiger partial charge in [0.25, 0.3) is 0 Å². The Morgan fingerprint density at radius 2 is 1.70 bits per heavy atom. The Morgan fingerprint density at radius 3 is 2.42 bits per heavy atom. The summed E-state index contributed by atoms with van der Waals surface area (Å²) in [5.74, 6) is 0.281. The van der Waals surface area contributed by atoms with Crippen LogP contribution in [0.25, 0.3) is 10.8 Å². The monoisotopic (exact) mass is 475 g/mol. The van der Waals surface area contributed by atoms with Crippen molar-refractivity contribution in [2.24, 2.45) is 5.92 Å². The molecule has 0 aliphatic carbocycles. The molecule has 0 spiro atoms. The third kappa shape index (κ3) is 5.03. The van der Waals surface area contributed by atoms with Crippen LogP contribution in [0.2, 0.25) is 5.02 Å². The molecule has 1 heterocycles. The molecule has 33 heavy (non-hydrogen) atoms. The van der Waals surface area contributed by atoms with Crippen molar-refractivity contribution in [1.29, 1.82) is 5.26 Å². The second kappa shape index (κ2) is 10.1. The highest BCUT2D eigenvalue weighted by atomic mass is 35.5. The molecular formula is C27H22ClNO3S. The van der Waals surface area contributed by atoms with E-state index in [4.69, 9.17) is 21.1 Å². The molecule has 0 saturated carbocycles. The summed E-state index contributed by atoms with van der Waals surface area (Å²) in [6.07, 6.45) is -1.05. The minimum absolute atomic E-state index is 0.0228. The predicted molar refractivity (Wildman–Crippen MR) is 132 cm³/mol. The summed E-state index contributed by atoms with van der Waals surface area (Å²) >= 11 is 7.82. The van der Waals surface area contributed by atoms with Crippen molar-refractivity contribution in [3.8, 4) is 17.6 Å². The average Bonchev–Trinajstić information content (AvgIpc) is 3.23. The molecule has 0 N–H and O–H groups in total. The first kappa shape index (κ1) is 22.8. The van der Waals surface area contributed by atoms with Crippen LogP contribution in [0.1, 0.15) is 36.3 Å². The molecule has 0 bridgehead atoms. The van der Waals surface area contributed by atoms with E-state index in [9.17, 15) is 10.1 Å². The van der Waals surface area contributed by atoms with Gasteiger partial charge in [-0.15, -0.1) is 11.3 Å². The molecule has 1 aromatic heterocycles. The van der Waals surface area contributed by atoms with Crippen LogP contribution < -0.4 is 4.74 Å². The van der Waals surface area contributed by atoms with Gasteiger partial charge in [0.2, 0.25) is 6.10 Å². The van der Waals surface area contributed by atoms with Gasteiger partial charge in [-0.05, 0) is 41.6 Å². The zero-order chi connectivity index (χ0) is 23.4. The molecule has 0 radical (unpaired) electrons. The van der Waals surface area contributed by atoms with E-state index in [0.29, 0.717) is 22.1 Å². The number of thiophene rings is 1. The number of fused-ring (bicyclic) bond motifs is 1. The maximum absolute atomic E-state index is 13.3. The minimum Gasteiger partial charge on any atom is -0.457 e. The number of halogens is 1. The summed E-state index contributed by atoms with van der Waals surface area (Å²) in [5, 5.41) is 14.3. The van der Waals surface area contributed by atoms with Crippen LogP contribution in [0, 0.1) is 17.2 Å². The summed E-state index contributed by atoms with van der Waals surface area (Å²) in [6, 6.07) is 24.2. The van der Waals surface area contributed by atoms with E-state index in [-0.39, 0.29) is 5.92 Å². The third-order valence-electron chi connectivity index (χ3n) is 5.32. The number of hydrogen-bond acceptors (Lipinski definition) is 5.